The molecule has 0 atom stereocenters. The minimum absolute atomic E-state index is 0. The molecule has 7 heteroatoms. The van der Waals surface area contributed by atoms with Gasteiger partial charge in [0, 0.05) is 32.7 Å². The number of nitrogen functional groups attached to an aromatic ring is 3. The van der Waals surface area contributed by atoms with Gasteiger partial charge in [-0.1, -0.05) is 0 Å². The zero-order valence-corrected chi connectivity index (χ0v) is 7.99. The van der Waals surface area contributed by atoms with E-state index in [9.17, 15) is 0 Å². The van der Waals surface area contributed by atoms with E-state index in [2.05, 4.69) is 15.0 Å². The van der Waals surface area contributed by atoms with Gasteiger partial charge in [0.2, 0.25) is 17.8 Å². The van der Waals surface area contributed by atoms with Crippen LogP contribution in [0, 0.1) is 0 Å². The number of nitrogens with zero attached hydrogens (tertiary/aromatic N) is 3. The van der Waals surface area contributed by atoms with E-state index in [0.717, 1.165) is 0 Å². The number of aromatic nitrogens is 3. The van der Waals surface area contributed by atoms with E-state index in [1.54, 1.807) is 0 Å². The van der Waals surface area contributed by atoms with E-state index in [-0.39, 0.29) is 50.6 Å². The summed E-state index contributed by atoms with van der Waals surface area (Å²) in [6.45, 7) is 0. The zero-order chi connectivity index (χ0) is 6.85. The Labute approximate surface area is 82.5 Å². The fraction of sp³-hybridized carbons (Fsp3) is 0. The van der Waals surface area contributed by atoms with Crippen LogP contribution in [0.4, 0.5) is 17.8 Å². The molecule has 6 N–H and O–H groups in total. The fourth-order valence-electron chi connectivity index (χ4n) is 0.427. The van der Waals surface area contributed by atoms with Gasteiger partial charge in [0.15, 0.2) is 0 Å². The SMILES string of the molecule is Nc1nc(N)nc(N)n1.[Y]. The Balaban J connectivity index is 0.000000810. The fourth-order valence-corrected chi connectivity index (χ4v) is 0.427. The maximum absolute atomic E-state index is 5.14. The summed E-state index contributed by atoms with van der Waals surface area (Å²) in [5.41, 5.74) is 15.4. The molecule has 1 radical (unpaired) electrons. The topological polar surface area (TPSA) is 117 Å². The largest absolute Gasteiger partial charge is 0.368 e. The van der Waals surface area contributed by atoms with Crippen LogP contribution < -0.4 is 17.2 Å². The number of anilines is 3. The van der Waals surface area contributed by atoms with Crippen molar-refractivity contribution in [1.82, 2.24) is 15.0 Å². The molecule has 51 valence electrons. The minimum atomic E-state index is 0. The summed E-state index contributed by atoms with van der Waals surface area (Å²) in [6.07, 6.45) is 0. The molecule has 0 aliphatic rings. The molecule has 0 saturated carbocycles. The van der Waals surface area contributed by atoms with Crippen LogP contribution >= 0.6 is 0 Å². The average molecular weight is 215 g/mol. The first-order valence-corrected chi connectivity index (χ1v) is 2.21. The molecule has 6 nitrogen and oxygen atoms in total. The average Bonchev–Trinajstić information content (AvgIpc) is 1.59. The van der Waals surface area contributed by atoms with E-state index in [1.165, 1.54) is 0 Å². The summed E-state index contributed by atoms with van der Waals surface area (Å²) in [4.78, 5) is 10.5. The van der Waals surface area contributed by atoms with Gasteiger partial charge < -0.3 is 17.2 Å². The molecule has 1 aromatic rings. The summed E-state index contributed by atoms with van der Waals surface area (Å²) in [5, 5.41) is 0. The minimum Gasteiger partial charge on any atom is -0.368 e. The van der Waals surface area contributed by atoms with Crippen molar-refractivity contribution in [3.8, 4) is 0 Å². The molecule has 1 rings (SSSR count). The van der Waals surface area contributed by atoms with Crippen molar-refractivity contribution in [2.24, 2.45) is 0 Å². The van der Waals surface area contributed by atoms with Crippen molar-refractivity contribution in [2.45, 2.75) is 0 Å². The van der Waals surface area contributed by atoms with Gasteiger partial charge in [0.1, 0.15) is 0 Å². The predicted octanol–water partition coefficient (Wildman–Crippen LogP) is -1.38. The van der Waals surface area contributed by atoms with Crippen molar-refractivity contribution >= 4 is 17.8 Å². The van der Waals surface area contributed by atoms with Gasteiger partial charge >= 0.3 is 0 Å². The maximum Gasteiger partial charge on any atom is 0.226 e. The summed E-state index contributed by atoms with van der Waals surface area (Å²) in [5.74, 6) is 0.125. The third kappa shape index (κ3) is 2.40. The van der Waals surface area contributed by atoms with Crippen molar-refractivity contribution in [3.05, 3.63) is 0 Å². The molecule has 10 heavy (non-hydrogen) atoms. The molecule has 0 aliphatic heterocycles. The Kier molecular flexibility index (Phi) is 3.45. The van der Waals surface area contributed by atoms with Crippen LogP contribution in [0.2, 0.25) is 0 Å². The van der Waals surface area contributed by atoms with Gasteiger partial charge in [-0.05, 0) is 0 Å². The zero-order valence-electron chi connectivity index (χ0n) is 5.15. The van der Waals surface area contributed by atoms with Crippen LogP contribution in [-0.2, 0) is 32.7 Å². The smallest absolute Gasteiger partial charge is 0.226 e. The van der Waals surface area contributed by atoms with E-state index < -0.39 is 0 Å². The Hall–Kier alpha value is -0.486. The van der Waals surface area contributed by atoms with Gasteiger partial charge in [0.05, 0.1) is 0 Å². The molecule has 0 unspecified atom stereocenters. The van der Waals surface area contributed by atoms with Crippen LogP contribution in [-0.4, -0.2) is 15.0 Å². The molecule has 0 saturated heterocycles. The van der Waals surface area contributed by atoms with Gasteiger partial charge in [-0.15, -0.1) is 0 Å². The molecule has 1 heterocycles. The van der Waals surface area contributed by atoms with E-state index >= 15 is 0 Å². The van der Waals surface area contributed by atoms with Gasteiger partial charge in [-0.3, -0.25) is 0 Å². The van der Waals surface area contributed by atoms with Crippen LogP contribution in [0.1, 0.15) is 0 Å². The predicted molar refractivity (Wildman–Crippen MR) is 33.1 cm³/mol. The Morgan fingerprint density at radius 1 is 0.700 bits per heavy atom. The van der Waals surface area contributed by atoms with Crippen LogP contribution in [0.5, 0.6) is 0 Å². The van der Waals surface area contributed by atoms with E-state index in [1.807, 2.05) is 0 Å². The van der Waals surface area contributed by atoms with Crippen molar-refractivity contribution < 1.29 is 32.7 Å². The van der Waals surface area contributed by atoms with Gasteiger partial charge in [0.25, 0.3) is 0 Å². The van der Waals surface area contributed by atoms with Crippen LogP contribution in [0.3, 0.4) is 0 Å². The van der Waals surface area contributed by atoms with Crippen molar-refractivity contribution in [3.63, 3.8) is 0 Å². The summed E-state index contributed by atoms with van der Waals surface area (Å²) >= 11 is 0. The maximum atomic E-state index is 5.14. The standard InChI is InChI=1S/C3H6N6.Y/c4-1-7-2(5)9-3(6)8-1;/h(H6,4,5,6,7,8,9);. The summed E-state index contributed by atoms with van der Waals surface area (Å²) in [7, 11) is 0. The Morgan fingerprint density at radius 3 is 1.10 bits per heavy atom. The third-order valence-electron chi connectivity index (χ3n) is 0.687. The van der Waals surface area contributed by atoms with E-state index in [0.29, 0.717) is 0 Å². The molecule has 1 aromatic heterocycles. The van der Waals surface area contributed by atoms with E-state index in [4.69, 9.17) is 17.2 Å². The molecule has 0 spiro atoms. The van der Waals surface area contributed by atoms with Gasteiger partial charge in [-0.2, -0.15) is 15.0 Å². The van der Waals surface area contributed by atoms with Gasteiger partial charge in [-0.25, -0.2) is 0 Å². The number of rotatable bonds is 0. The number of hydrogen-bond acceptors (Lipinski definition) is 6. The molecule has 0 aromatic carbocycles. The second-order valence-electron chi connectivity index (χ2n) is 1.41. The monoisotopic (exact) mass is 215 g/mol. The first-order valence-electron chi connectivity index (χ1n) is 2.21. The molecule has 0 bridgehead atoms. The summed E-state index contributed by atoms with van der Waals surface area (Å²) in [6, 6.07) is 0. The number of hydrogen-bond donors (Lipinski definition) is 3. The second-order valence-corrected chi connectivity index (χ2v) is 1.41. The van der Waals surface area contributed by atoms with Crippen molar-refractivity contribution in [1.29, 1.82) is 0 Å². The van der Waals surface area contributed by atoms with Crippen LogP contribution in [0.25, 0.3) is 0 Å². The Bertz CT molecular complexity index is 174. The molecule has 0 aliphatic carbocycles. The molecule has 0 fully saturated rings. The quantitative estimate of drug-likeness (QED) is 0.490. The van der Waals surface area contributed by atoms with Crippen molar-refractivity contribution in [2.75, 3.05) is 17.2 Å². The molecular weight excluding hydrogens is 209 g/mol. The Morgan fingerprint density at radius 2 is 0.900 bits per heavy atom. The second kappa shape index (κ2) is 3.63. The molecule has 0 amide bonds. The first-order chi connectivity index (χ1) is 4.18. The summed E-state index contributed by atoms with van der Waals surface area (Å²) < 4.78 is 0. The van der Waals surface area contributed by atoms with Crippen LogP contribution in [0.15, 0.2) is 0 Å². The molecular formula is C3H6N6Y. The normalized spacial score (nSPS) is 8.40. The third-order valence-corrected chi connectivity index (χ3v) is 0.687. The first kappa shape index (κ1) is 9.51. The number of nitrogens with two attached hydrogens (primary N) is 3.